The molecule has 2 aromatic heterocycles. The Kier molecular flexibility index (Phi) is 2.68. The van der Waals surface area contributed by atoms with Gasteiger partial charge in [-0.15, -0.1) is 0 Å². The summed E-state index contributed by atoms with van der Waals surface area (Å²) in [5.74, 6) is 0. The molecule has 0 unspecified atom stereocenters. The van der Waals surface area contributed by atoms with E-state index in [1.807, 2.05) is 19.2 Å². The van der Waals surface area contributed by atoms with Gasteiger partial charge in [0.05, 0.1) is 17.0 Å². The molecule has 3 nitrogen and oxygen atoms in total. The molecule has 0 fully saturated rings. The minimum absolute atomic E-state index is 0.894. The van der Waals surface area contributed by atoms with E-state index in [-0.39, 0.29) is 0 Å². The van der Waals surface area contributed by atoms with E-state index < -0.39 is 0 Å². The SMILES string of the molecule is CNCCc1c2ccoc2c(Br)c2ccoc12. The van der Waals surface area contributed by atoms with Crippen LogP contribution in [0.15, 0.2) is 38.0 Å². The molecule has 0 radical (unpaired) electrons. The summed E-state index contributed by atoms with van der Waals surface area (Å²) in [5.41, 5.74) is 3.04. The second kappa shape index (κ2) is 4.20. The summed E-state index contributed by atoms with van der Waals surface area (Å²) < 4.78 is 12.1. The highest BCUT2D eigenvalue weighted by Crippen LogP contribution is 2.37. The van der Waals surface area contributed by atoms with Crippen LogP contribution in [0.1, 0.15) is 5.56 Å². The molecule has 17 heavy (non-hydrogen) atoms. The fraction of sp³-hybridized carbons (Fsp3) is 0.231. The third kappa shape index (κ3) is 1.59. The van der Waals surface area contributed by atoms with Gasteiger partial charge in [-0.3, -0.25) is 0 Å². The first-order chi connectivity index (χ1) is 8.33. The molecule has 88 valence electrons. The van der Waals surface area contributed by atoms with Gasteiger partial charge in [0.2, 0.25) is 0 Å². The highest BCUT2D eigenvalue weighted by molar-refractivity contribution is 9.10. The molecule has 3 aromatic rings. The number of fused-ring (bicyclic) bond motifs is 2. The van der Waals surface area contributed by atoms with Gasteiger partial charge in [-0.2, -0.15) is 0 Å². The molecule has 3 rings (SSSR count). The Balaban J connectivity index is 2.35. The average molecular weight is 294 g/mol. The van der Waals surface area contributed by atoms with Gasteiger partial charge in [0.15, 0.2) is 0 Å². The Morgan fingerprint density at radius 3 is 2.59 bits per heavy atom. The molecule has 0 aliphatic carbocycles. The van der Waals surface area contributed by atoms with Crippen LogP contribution in [-0.2, 0) is 6.42 Å². The van der Waals surface area contributed by atoms with Crippen LogP contribution < -0.4 is 5.32 Å². The zero-order valence-corrected chi connectivity index (χ0v) is 11.0. The number of hydrogen-bond acceptors (Lipinski definition) is 3. The summed E-state index contributed by atoms with van der Waals surface area (Å²) in [5, 5.41) is 5.35. The summed E-state index contributed by atoms with van der Waals surface area (Å²) in [6.45, 7) is 0.914. The maximum Gasteiger partial charge on any atom is 0.149 e. The minimum atomic E-state index is 0.894. The first-order valence-corrected chi connectivity index (χ1v) is 6.31. The Morgan fingerprint density at radius 1 is 1.12 bits per heavy atom. The van der Waals surface area contributed by atoms with E-state index >= 15 is 0 Å². The zero-order chi connectivity index (χ0) is 11.8. The summed E-state index contributed by atoms with van der Waals surface area (Å²) in [7, 11) is 1.95. The molecule has 0 saturated carbocycles. The molecule has 0 aliphatic heterocycles. The first kappa shape index (κ1) is 10.9. The van der Waals surface area contributed by atoms with Crippen molar-refractivity contribution in [2.24, 2.45) is 0 Å². The Labute approximate surface area is 107 Å². The number of benzene rings is 1. The van der Waals surface area contributed by atoms with E-state index in [1.54, 1.807) is 12.5 Å². The molecular formula is C13H12BrNO2. The fourth-order valence-electron chi connectivity index (χ4n) is 2.18. The smallest absolute Gasteiger partial charge is 0.149 e. The van der Waals surface area contributed by atoms with Crippen molar-refractivity contribution in [1.29, 1.82) is 0 Å². The highest BCUT2D eigenvalue weighted by atomic mass is 79.9. The van der Waals surface area contributed by atoms with Crippen molar-refractivity contribution in [2.45, 2.75) is 6.42 Å². The van der Waals surface area contributed by atoms with Gasteiger partial charge < -0.3 is 14.2 Å². The van der Waals surface area contributed by atoms with Gasteiger partial charge in [-0.25, -0.2) is 0 Å². The van der Waals surface area contributed by atoms with Crippen molar-refractivity contribution in [1.82, 2.24) is 5.32 Å². The lowest BCUT2D eigenvalue weighted by Crippen LogP contribution is -2.10. The van der Waals surface area contributed by atoms with Crippen molar-refractivity contribution in [3.8, 4) is 0 Å². The minimum Gasteiger partial charge on any atom is -0.464 e. The lowest BCUT2D eigenvalue weighted by Gasteiger charge is -2.05. The molecule has 4 heteroatoms. The van der Waals surface area contributed by atoms with E-state index in [0.29, 0.717) is 0 Å². The predicted molar refractivity (Wildman–Crippen MR) is 71.3 cm³/mol. The van der Waals surface area contributed by atoms with Crippen molar-refractivity contribution >= 4 is 37.9 Å². The number of hydrogen-bond donors (Lipinski definition) is 1. The quantitative estimate of drug-likeness (QED) is 0.800. The summed E-state index contributed by atoms with van der Waals surface area (Å²) in [6, 6.07) is 3.96. The molecule has 0 spiro atoms. The third-order valence-corrected chi connectivity index (χ3v) is 3.78. The van der Waals surface area contributed by atoms with Crippen molar-refractivity contribution in [3.05, 3.63) is 34.7 Å². The van der Waals surface area contributed by atoms with Crippen LogP contribution in [0, 0.1) is 0 Å². The molecule has 0 saturated heterocycles. The molecule has 1 N–H and O–H groups in total. The van der Waals surface area contributed by atoms with Crippen LogP contribution in [-0.4, -0.2) is 13.6 Å². The molecule has 1 aromatic carbocycles. The molecular weight excluding hydrogens is 282 g/mol. The largest absolute Gasteiger partial charge is 0.464 e. The molecule has 0 amide bonds. The molecule has 0 atom stereocenters. The summed E-state index contributed by atoms with van der Waals surface area (Å²) in [6.07, 6.45) is 4.36. The van der Waals surface area contributed by atoms with Gasteiger partial charge in [0.25, 0.3) is 0 Å². The fourth-order valence-corrected chi connectivity index (χ4v) is 2.79. The Hall–Kier alpha value is -1.26. The van der Waals surface area contributed by atoms with Crippen molar-refractivity contribution in [3.63, 3.8) is 0 Å². The lowest BCUT2D eigenvalue weighted by atomic mass is 10.0. The maximum atomic E-state index is 5.60. The number of furan rings is 2. The van der Waals surface area contributed by atoms with Crippen LogP contribution in [0.4, 0.5) is 0 Å². The number of halogens is 1. The van der Waals surface area contributed by atoms with E-state index in [9.17, 15) is 0 Å². The van der Waals surface area contributed by atoms with Crippen LogP contribution in [0.25, 0.3) is 21.9 Å². The van der Waals surface area contributed by atoms with Gasteiger partial charge in [-0.05, 0) is 48.1 Å². The Morgan fingerprint density at radius 2 is 1.82 bits per heavy atom. The van der Waals surface area contributed by atoms with Crippen molar-refractivity contribution < 1.29 is 8.83 Å². The molecule has 0 bridgehead atoms. The Bertz CT molecular complexity index is 617. The maximum absolute atomic E-state index is 5.60. The van der Waals surface area contributed by atoms with Gasteiger partial charge >= 0.3 is 0 Å². The van der Waals surface area contributed by atoms with Crippen LogP contribution in [0.5, 0.6) is 0 Å². The topological polar surface area (TPSA) is 38.3 Å². The number of rotatable bonds is 3. The van der Waals surface area contributed by atoms with Crippen LogP contribution in [0.3, 0.4) is 0 Å². The lowest BCUT2D eigenvalue weighted by molar-refractivity contribution is 0.606. The predicted octanol–water partition coefficient (Wildman–Crippen LogP) is 3.70. The zero-order valence-electron chi connectivity index (χ0n) is 9.42. The first-order valence-electron chi connectivity index (χ1n) is 5.52. The van der Waals surface area contributed by atoms with E-state index in [1.165, 1.54) is 5.56 Å². The second-order valence-corrected chi connectivity index (χ2v) is 4.77. The van der Waals surface area contributed by atoms with Gasteiger partial charge in [0, 0.05) is 16.3 Å². The number of likely N-dealkylation sites (N-methyl/N-ethyl adjacent to an activating group) is 1. The molecule has 0 aliphatic rings. The van der Waals surface area contributed by atoms with Gasteiger partial charge in [-0.1, -0.05) is 0 Å². The molecule has 2 heterocycles. The average Bonchev–Trinajstić information content (AvgIpc) is 2.97. The van der Waals surface area contributed by atoms with Crippen LogP contribution >= 0.6 is 15.9 Å². The van der Waals surface area contributed by atoms with Crippen molar-refractivity contribution in [2.75, 3.05) is 13.6 Å². The van der Waals surface area contributed by atoms with Gasteiger partial charge in [0.1, 0.15) is 11.2 Å². The van der Waals surface area contributed by atoms with E-state index in [2.05, 4.69) is 21.2 Å². The second-order valence-electron chi connectivity index (χ2n) is 3.97. The monoisotopic (exact) mass is 293 g/mol. The summed E-state index contributed by atoms with van der Waals surface area (Å²) >= 11 is 3.57. The number of nitrogens with one attached hydrogen (secondary N) is 1. The standard InChI is InChI=1S/C13H12BrNO2/c1-15-5-2-8-9-3-6-17-13(9)11(14)10-4-7-16-12(8)10/h3-4,6-7,15H,2,5H2,1H3. The van der Waals surface area contributed by atoms with Crippen LogP contribution in [0.2, 0.25) is 0 Å². The third-order valence-electron chi connectivity index (χ3n) is 2.99. The van der Waals surface area contributed by atoms with E-state index in [4.69, 9.17) is 8.83 Å². The highest BCUT2D eigenvalue weighted by Gasteiger charge is 2.16. The summed E-state index contributed by atoms with van der Waals surface area (Å²) in [4.78, 5) is 0. The normalized spacial score (nSPS) is 11.6. The van der Waals surface area contributed by atoms with E-state index in [0.717, 1.165) is 39.4 Å².